The zero-order valence-corrected chi connectivity index (χ0v) is 9.38. The third-order valence-corrected chi connectivity index (χ3v) is 2.62. The molecule has 0 aliphatic heterocycles. The van der Waals surface area contributed by atoms with Crippen LogP contribution in [-0.2, 0) is 6.42 Å². The molecule has 76 valence electrons. The molecule has 0 N–H and O–H groups in total. The van der Waals surface area contributed by atoms with Crippen molar-refractivity contribution in [1.82, 2.24) is 0 Å². The van der Waals surface area contributed by atoms with Crippen LogP contribution in [0.25, 0.3) is 5.57 Å². The molecule has 0 heteroatoms. The fourth-order valence-corrected chi connectivity index (χ4v) is 1.87. The van der Waals surface area contributed by atoms with E-state index >= 15 is 0 Å². The first-order chi connectivity index (χ1) is 7.27. The molecule has 0 aromatic heterocycles. The molecule has 1 aliphatic carbocycles. The first-order valence-corrected chi connectivity index (χ1v) is 5.46. The van der Waals surface area contributed by atoms with Crippen LogP contribution in [-0.4, -0.2) is 0 Å². The minimum Gasteiger partial charge on any atom is -0.122 e. The van der Waals surface area contributed by atoms with Crippen LogP contribution >= 0.6 is 0 Å². The Morgan fingerprint density at radius 3 is 2.87 bits per heavy atom. The molecular weight excluding hydrogens is 180 g/mol. The highest BCUT2D eigenvalue weighted by Crippen LogP contribution is 2.26. The summed E-state index contributed by atoms with van der Waals surface area (Å²) < 4.78 is 0. The lowest BCUT2D eigenvalue weighted by Crippen LogP contribution is -1.97. The third-order valence-electron chi connectivity index (χ3n) is 2.62. The van der Waals surface area contributed by atoms with Gasteiger partial charge in [-0.2, -0.15) is 0 Å². The van der Waals surface area contributed by atoms with Crippen molar-refractivity contribution < 1.29 is 0 Å². The second kappa shape index (κ2) is 4.33. The van der Waals surface area contributed by atoms with E-state index in [-0.39, 0.29) is 0 Å². The highest BCUT2D eigenvalue weighted by molar-refractivity contribution is 5.77. The molecule has 0 heterocycles. The predicted molar refractivity (Wildman–Crippen MR) is 65.7 cm³/mol. The van der Waals surface area contributed by atoms with Crippen LogP contribution in [0.15, 0.2) is 47.7 Å². The lowest BCUT2D eigenvalue weighted by molar-refractivity contribution is 0.979. The molecular formula is C15H16. The van der Waals surface area contributed by atoms with Crippen molar-refractivity contribution in [3.8, 4) is 0 Å². The second-order valence-electron chi connectivity index (χ2n) is 4.14. The molecule has 1 aliphatic rings. The van der Waals surface area contributed by atoms with Gasteiger partial charge in [-0.3, -0.25) is 0 Å². The normalized spacial score (nSPS) is 13.6. The van der Waals surface area contributed by atoms with Gasteiger partial charge in [-0.15, -0.1) is 5.73 Å². The van der Waals surface area contributed by atoms with Crippen molar-refractivity contribution in [2.24, 2.45) is 0 Å². The lowest BCUT2D eigenvalue weighted by Gasteiger charge is -2.14. The molecule has 15 heavy (non-hydrogen) atoms. The number of hydrogen-bond acceptors (Lipinski definition) is 0. The molecule has 0 atom stereocenters. The monoisotopic (exact) mass is 196 g/mol. The minimum atomic E-state index is 1.15. The van der Waals surface area contributed by atoms with Crippen LogP contribution in [0.2, 0.25) is 0 Å². The second-order valence-corrected chi connectivity index (χ2v) is 4.14. The zero-order chi connectivity index (χ0) is 10.7. The molecule has 0 amide bonds. The van der Waals surface area contributed by atoms with Gasteiger partial charge in [-0.25, -0.2) is 0 Å². The van der Waals surface area contributed by atoms with E-state index in [0.29, 0.717) is 0 Å². The molecule has 0 fully saturated rings. The summed E-state index contributed by atoms with van der Waals surface area (Å²) >= 11 is 0. The minimum absolute atomic E-state index is 1.15. The topological polar surface area (TPSA) is 0 Å². The summed E-state index contributed by atoms with van der Waals surface area (Å²) in [5.41, 5.74) is 8.65. The van der Waals surface area contributed by atoms with Crippen LogP contribution in [0.3, 0.4) is 0 Å². The molecule has 0 nitrogen and oxygen atoms in total. The van der Waals surface area contributed by atoms with Crippen molar-refractivity contribution in [3.63, 3.8) is 0 Å². The van der Waals surface area contributed by atoms with Crippen LogP contribution in [0.4, 0.5) is 0 Å². The standard InChI is InChI=1S/C15H16/c1-12(2)10-11-14-8-5-7-13-6-3-4-9-15(13)14/h3-4,6,8-9,11H,5,7H2,1-2H3. The predicted octanol–water partition coefficient (Wildman–Crippen LogP) is 4.14. The van der Waals surface area contributed by atoms with E-state index < -0.39 is 0 Å². The fourth-order valence-electron chi connectivity index (χ4n) is 1.87. The molecule has 2 rings (SSSR count). The van der Waals surface area contributed by atoms with E-state index in [1.807, 2.05) is 0 Å². The Balaban J connectivity index is 2.43. The van der Waals surface area contributed by atoms with E-state index in [1.54, 1.807) is 0 Å². The van der Waals surface area contributed by atoms with E-state index in [1.165, 1.54) is 28.7 Å². The molecule has 0 spiro atoms. The Kier molecular flexibility index (Phi) is 2.89. The van der Waals surface area contributed by atoms with Gasteiger partial charge < -0.3 is 0 Å². The van der Waals surface area contributed by atoms with E-state index in [9.17, 15) is 0 Å². The molecule has 0 bridgehead atoms. The van der Waals surface area contributed by atoms with E-state index in [4.69, 9.17) is 0 Å². The summed E-state index contributed by atoms with van der Waals surface area (Å²) in [4.78, 5) is 0. The largest absolute Gasteiger partial charge is 0.122 e. The van der Waals surface area contributed by atoms with Crippen molar-refractivity contribution in [2.45, 2.75) is 26.7 Å². The molecule has 0 radical (unpaired) electrons. The summed E-state index contributed by atoms with van der Waals surface area (Å²) in [6.45, 7) is 4.15. The Hall–Kier alpha value is -1.52. The van der Waals surface area contributed by atoms with Crippen LogP contribution in [0.1, 0.15) is 31.4 Å². The molecule has 0 unspecified atom stereocenters. The number of allylic oxidation sites excluding steroid dienone is 3. The fraction of sp³-hybridized carbons (Fsp3) is 0.267. The van der Waals surface area contributed by atoms with Gasteiger partial charge in [-0.1, -0.05) is 30.3 Å². The molecule has 0 saturated carbocycles. The van der Waals surface area contributed by atoms with Gasteiger partial charge in [0, 0.05) is 0 Å². The first kappa shape index (κ1) is 10.0. The summed E-state index contributed by atoms with van der Waals surface area (Å²) in [7, 11) is 0. The smallest absolute Gasteiger partial charge is 0.0125 e. The SMILES string of the molecule is CC(C)=C=CC1=CCCc2ccccc21. The summed E-state index contributed by atoms with van der Waals surface area (Å²) in [6, 6.07) is 8.64. The number of hydrogen-bond donors (Lipinski definition) is 0. The molecule has 1 aromatic rings. The van der Waals surface area contributed by atoms with Crippen molar-refractivity contribution in [2.75, 3.05) is 0 Å². The first-order valence-electron chi connectivity index (χ1n) is 5.46. The Labute approximate surface area is 91.6 Å². The number of fused-ring (bicyclic) bond motifs is 1. The highest BCUT2D eigenvalue weighted by atomic mass is 14.1. The highest BCUT2D eigenvalue weighted by Gasteiger charge is 2.08. The third kappa shape index (κ3) is 2.29. The van der Waals surface area contributed by atoms with Gasteiger partial charge in [-0.05, 0) is 55.0 Å². The van der Waals surface area contributed by atoms with Gasteiger partial charge in [0.05, 0.1) is 0 Å². The van der Waals surface area contributed by atoms with Crippen LogP contribution < -0.4 is 0 Å². The summed E-state index contributed by atoms with van der Waals surface area (Å²) in [5, 5.41) is 0. The van der Waals surface area contributed by atoms with E-state index in [2.05, 4.69) is 56.0 Å². The van der Waals surface area contributed by atoms with Gasteiger partial charge in [0.25, 0.3) is 0 Å². The van der Waals surface area contributed by atoms with Crippen molar-refractivity contribution in [3.05, 3.63) is 58.8 Å². The maximum absolute atomic E-state index is 3.28. The maximum Gasteiger partial charge on any atom is -0.0125 e. The van der Waals surface area contributed by atoms with Gasteiger partial charge in [0.2, 0.25) is 0 Å². The Bertz CT molecular complexity index is 451. The maximum atomic E-state index is 3.28. The lowest BCUT2D eigenvalue weighted by atomic mass is 9.91. The quantitative estimate of drug-likeness (QED) is 0.592. The number of rotatable bonds is 1. The number of aryl methyl sites for hydroxylation is 1. The average Bonchev–Trinajstić information content (AvgIpc) is 2.26. The average molecular weight is 196 g/mol. The van der Waals surface area contributed by atoms with Crippen LogP contribution in [0, 0.1) is 0 Å². The number of benzene rings is 1. The van der Waals surface area contributed by atoms with Gasteiger partial charge >= 0.3 is 0 Å². The van der Waals surface area contributed by atoms with Crippen molar-refractivity contribution >= 4 is 5.57 Å². The molecule has 1 aromatic carbocycles. The molecule has 0 saturated heterocycles. The van der Waals surface area contributed by atoms with Gasteiger partial charge in [0.15, 0.2) is 0 Å². The summed E-state index contributed by atoms with van der Waals surface area (Å²) in [6.07, 6.45) is 6.72. The van der Waals surface area contributed by atoms with Crippen molar-refractivity contribution in [1.29, 1.82) is 0 Å². The van der Waals surface area contributed by atoms with Gasteiger partial charge in [0.1, 0.15) is 0 Å². The Morgan fingerprint density at radius 1 is 1.27 bits per heavy atom. The summed E-state index contributed by atoms with van der Waals surface area (Å²) in [5.74, 6) is 0. The van der Waals surface area contributed by atoms with E-state index in [0.717, 1.165) is 6.42 Å². The Morgan fingerprint density at radius 2 is 2.07 bits per heavy atom. The zero-order valence-electron chi connectivity index (χ0n) is 9.38. The van der Waals surface area contributed by atoms with Crippen LogP contribution in [0.5, 0.6) is 0 Å².